The maximum atomic E-state index is 11.9. The predicted molar refractivity (Wildman–Crippen MR) is 80.5 cm³/mol. The monoisotopic (exact) mass is 309 g/mol. The molecule has 3 N–H and O–H groups in total. The van der Waals surface area contributed by atoms with Crippen LogP contribution in [0.4, 0.5) is 0 Å². The van der Waals surface area contributed by atoms with Gasteiger partial charge in [-0.05, 0) is 25.6 Å². The van der Waals surface area contributed by atoms with E-state index >= 15 is 0 Å². The molecule has 0 radical (unpaired) electrons. The largest absolute Gasteiger partial charge is 0.459 e. The summed E-state index contributed by atoms with van der Waals surface area (Å²) in [5.74, 6) is -0.462. The summed E-state index contributed by atoms with van der Waals surface area (Å²) in [5.41, 5.74) is 0.449. The van der Waals surface area contributed by atoms with Crippen LogP contribution in [-0.2, 0) is 9.47 Å². The third-order valence-electron chi connectivity index (χ3n) is 3.97. The maximum Gasteiger partial charge on any atom is 0.338 e. The molecule has 1 aromatic carbocycles. The molecule has 0 saturated carbocycles. The highest BCUT2D eigenvalue weighted by atomic mass is 16.6. The van der Waals surface area contributed by atoms with Crippen LogP contribution in [0.25, 0.3) is 0 Å². The molecular weight excluding hydrogens is 286 g/mol. The maximum absolute atomic E-state index is 11.9. The van der Waals surface area contributed by atoms with Gasteiger partial charge in [0, 0.05) is 0 Å². The number of aliphatic hydroxyl groups is 2. The lowest BCUT2D eigenvalue weighted by molar-refractivity contribution is -0.194. The van der Waals surface area contributed by atoms with Gasteiger partial charge in [-0.1, -0.05) is 25.1 Å². The van der Waals surface area contributed by atoms with E-state index in [0.29, 0.717) is 12.0 Å². The van der Waals surface area contributed by atoms with E-state index in [4.69, 9.17) is 9.47 Å². The molecule has 2 rings (SSSR count). The smallest absolute Gasteiger partial charge is 0.338 e. The summed E-state index contributed by atoms with van der Waals surface area (Å²) in [6.07, 6.45) is -2.22. The van der Waals surface area contributed by atoms with Gasteiger partial charge in [-0.25, -0.2) is 4.79 Å². The molecule has 1 fully saturated rings. The number of hydrogen-bond donors (Lipinski definition) is 3. The number of esters is 1. The van der Waals surface area contributed by atoms with Crippen molar-refractivity contribution in [2.24, 2.45) is 0 Å². The molecule has 1 heterocycles. The fourth-order valence-electron chi connectivity index (χ4n) is 2.68. The van der Waals surface area contributed by atoms with Crippen LogP contribution in [-0.4, -0.2) is 60.3 Å². The molecule has 22 heavy (non-hydrogen) atoms. The van der Waals surface area contributed by atoms with Gasteiger partial charge in [-0.2, -0.15) is 0 Å². The summed E-state index contributed by atoms with van der Waals surface area (Å²) in [7, 11) is 1.67. The van der Waals surface area contributed by atoms with Crippen LogP contribution in [0.3, 0.4) is 0 Å². The zero-order valence-electron chi connectivity index (χ0n) is 12.8. The molecular formula is C16H23NO5. The molecule has 1 saturated heterocycles. The van der Waals surface area contributed by atoms with Crippen LogP contribution in [0, 0.1) is 0 Å². The van der Waals surface area contributed by atoms with Crippen molar-refractivity contribution in [3.63, 3.8) is 0 Å². The van der Waals surface area contributed by atoms with Gasteiger partial charge >= 0.3 is 5.97 Å². The van der Waals surface area contributed by atoms with Crippen molar-refractivity contribution in [2.75, 3.05) is 13.7 Å². The Bertz CT molecular complexity index is 481. The van der Waals surface area contributed by atoms with Crippen LogP contribution in [0.15, 0.2) is 30.3 Å². The van der Waals surface area contributed by atoms with E-state index in [9.17, 15) is 15.0 Å². The van der Waals surface area contributed by atoms with E-state index in [1.807, 2.05) is 13.0 Å². The van der Waals surface area contributed by atoms with Gasteiger partial charge in [-0.15, -0.1) is 0 Å². The summed E-state index contributed by atoms with van der Waals surface area (Å²) in [4.78, 5) is 11.9. The van der Waals surface area contributed by atoms with Gasteiger partial charge < -0.3 is 25.0 Å². The number of aliphatic hydroxyl groups excluding tert-OH is 2. The van der Waals surface area contributed by atoms with Crippen molar-refractivity contribution in [3.8, 4) is 0 Å². The molecule has 0 unspecified atom stereocenters. The van der Waals surface area contributed by atoms with E-state index in [1.165, 1.54) is 0 Å². The Labute approximate surface area is 130 Å². The number of hydrogen-bond acceptors (Lipinski definition) is 6. The van der Waals surface area contributed by atoms with E-state index < -0.39 is 36.4 Å². The second kappa shape index (κ2) is 7.69. The second-order valence-corrected chi connectivity index (χ2v) is 5.38. The lowest BCUT2D eigenvalue weighted by Crippen LogP contribution is -2.63. The first-order valence-electron chi connectivity index (χ1n) is 7.49. The Hall–Kier alpha value is -1.47. The average Bonchev–Trinajstić information content (AvgIpc) is 2.55. The first-order chi connectivity index (χ1) is 10.6. The number of carbonyl (C=O) groups excluding carboxylic acids is 1. The quantitative estimate of drug-likeness (QED) is 0.680. The lowest BCUT2D eigenvalue weighted by atomic mass is 9.91. The van der Waals surface area contributed by atoms with E-state index in [1.54, 1.807) is 31.3 Å². The topological polar surface area (TPSA) is 88.0 Å². The molecule has 122 valence electrons. The molecule has 6 nitrogen and oxygen atoms in total. The van der Waals surface area contributed by atoms with Crippen molar-refractivity contribution >= 4 is 5.97 Å². The molecule has 5 atom stereocenters. The van der Waals surface area contributed by atoms with Gasteiger partial charge in [0.2, 0.25) is 0 Å². The summed E-state index contributed by atoms with van der Waals surface area (Å²) < 4.78 is 10.9. The summed E-state index contributed by atoms with van der Waals surface area (Å²) >= 11 is 0. The SMILES string of the molecule is CC[C@@H]1O[C@H](COC(=O)c2ccccc2)[C@@H](O)[C@H](NC)[C@H]1O. The molecule has 1 aromatic rings. The number of benzene rings is 1. The lowest BCUT2D eigenvalue weighted by Gasteiger charge is -2.42. The fraction of sp³-hybridized carbons (Fsp3) is 0.562. The minimum absolute atomic E-state index is 0.0592. The predicted octanol–water partition coefficient (Wildman–Crippen LogP) is 0.331. The molecule has 0 bridgehead atoms. The van der Waals surface area contributed by atoms with Crippen LogP contribution in [0.2, 0.25) is 0 Å². The molecule has 0 amide bonds. The highest BCUT2D eigenvalue weighted by molar-refractivity contribution is 5.89. The van der Waals surface area contributed by atoms with E-state index in [0.717, 1.165) is 0 Å². The third-order valence-corrected chi connectivity index (χ3v) is 3.97. The zero-order valence-corrected chi connectivity index (χ0v) is 12.8. The van der Waals surface area contributed by atoms with Gasteiger partial charge in [0.05, 0.1) is 23.8 Å². The van der Waals surface area contributed by atoms with Gasteiger partial charge in [0.15, 0.2) is 0 Å². The Balaban J connectivity index is 1.97. The highest BCUT2D eigenvalue weighted by Crippen LogP contribution is 2.23. The number of nitrogens with one attached hydrogen (secondary N) is 1. The van der Waals surface area contributed by atoms with E-state index in [2.05, 4.69) is 5.32 Å². The minimum Gasteiger partial charge on any atom is -0.459 e. The molecule has 0 aliphatic carbocycles. The minimum atomic E-state index is -0.952. The Morgan fingerprint density at radius 3 is 2.45 bits per heavy atom. The average molecular weight is 309 g/mol. The number of ether oxygens (including phenoxy) is 2. The van der Waals surface area contributed by atoms with Crippen molar-refractivity contribution in [2.45, 2.75) is 43.8 Å². The Kier molecular flexibility index (Phi) is 5.90. The first kappa shape index (κ1) is 16.9. The van der Waals surface area contributed by atoms with Crippen molar-refractivity contribution in [1.82, 2.24) is 5.32 Å². The normalized spacial score (nSPS) is 31.7. The second-order valence-electron chi connectivity index (χ2n) is 5.38. The fourth-order valence-corrected chi connectivity index (χ4v) is 2.68. The summed E-state index contributed by atoms with van der Waals surface area (Å²) in [5, 5.41) is 23.3. The molecule has 0 spiro atoms. The van der Waals surface area contributed by atoms with Crippen LogP contribution in [0.5, 0.6) is 0 Å². The van der Waals surface area contributed by atoms with Crippen LogP contribution >= 0.6 is 0 Å². The van der Waals surface area contributed by atoms with Crippen molar-refractivity contribution < 1.29 is 24.5 Å². The third kappa shape index (κ3) is 3.64. The van der Waals surface area contributed by atoms with Crippen molar-refractivity contribution in [3.05, 3.63) is 35.9 Å². The molecule has 6 heteroatoms. The van der Waals surface area contributed by atoms with Crippen LogP contribution < -0.4 is 5.32 Å². The highest BCUT2D eigenvalue weighted by Gasteiger charge is 2.43. The van der Waals surface area contributed by atoms with E-state index in [-0.39, 0.29) is 6.61 Å². The van der Waals surface area contributed by atoms with Crippen molar-refractivity contribution in [1.29, 1.82) is 0 Å². The standard InChI is InChI=1S/C16H23NO5/c1-3-11-14(18)13(17-2)15(19)12(22-11)9-21-16(20)10-7-5-4-6-8-10/h4-8,11-15,17-19H,3,9H2,1-2H3/t11-,12+,13+,14-,15+/m0/s1. The Morgan fingerprint density at radius 2 is 1.86 bits per heavy atom. The number of likely N-dealkylation sites (N-methyl/N-ethyl adjacent to an activating group) is 1. The summed E-state index contributed by atoms with van der Waals surface area (Å²) in [6, 6.07) is 8.13. The zero-order chi connectivity index (χ0) is 16.1. The molecule has 1 aliphatic heterocycles. The first-order valence-corrected chi connectivity index (χ1v) is 7.49. The number of rotatable bonds is 5. The van der Waals surface area contributed by atoms with Gasteiger partial charge in [0.25, 0.3) is 0 Å². The van der Waals surface area contributed by atoms with Crippen LogP contribution in [0.1, 0.15) is 23.7 Å². The number of carbonyl (C=O) groups is 1. The summed E-state index contributed by atoms with van der Waals surface area (Å²) in [6.45, 7) is 1.83. The molecule has 0 aromatic heterocycles. The Morgan fingerprint density at radius 1 is 1.23 bits per heavy atom. The molecule has 1 aliphatic rings. The van der Waals surface area contributed by atoms with Gasteiger partial charge in [0.1, 0.15) is 18.8 Å². The van der Waals surface area contributed by atoms with Gasteiger partial charge in [-0.3, -0.25) is 0 Å².